The molecule has 1 amide bonds. The smallest absolute Gasteiger partial charge is 0.260 e. The highest BCUT2D eigenvalue weighted by atomic mass is 32.2. The van der Waals surface area contributed by atoms with Gasteiger partial charge in [0.05, 0.1) is 6.20 Å². The van der Waals surface area contributed by atoms with Gasteiger partial charge in [0.2, 0.25) is 0 Å². The molecule has 1 aromatic rings. The summed E-state index contributed by atoms with van der Waals surface area (Å²) in [6, 6.07) is 0. The number of nitrogens with zero attached hydrogens (tertiary/aromatic N) is 1. The first kappa shape index (κ1) is 7.56. The summed E-state index contributed by atoms with van der Waals surface area (Å²) in [6.07, 6.45) is 3.41. The second kappa shape index (κ2) is 3.03. The molecule has 1 heterocycles. The zero-order valence-electron chi connectivity index (χ0n) is 5.33. The standard InChI is InChI=1S/C5H6N2OS2/c1-9-5-7-2-3(10-5)4(6)8/h2H,1H3,(H2,6,8). The highest BCUT2D eigenvalue weighted by Gasteiger charge is 2.04. The van der Waals surface area contributed by atoms with Crippen molar-refractivity contribution in [2.45, 2.75) is 4.34 Å². The van der Waals surface area contributed by atoms with E-state index < -0.39 is 5.91 Å². The Balaban J connectivity index is 2.88. The molecule has 0 fully saturated rings. The number of nitrogens with two attached hydrogens (primary N) is 1. The molecule has 0 aromatic carbocycles. The van der Waals surface area contributed by atoms with Crippen molar-refractivity contribution < 1.29 is 4.79 Å². The fourth-order valence-electron chi connectivity index (χ4n) is 0.466. The number of thiazole rings is 1. The maximum Gasteiger partial charge on any atom is 0.260 e. The lowest BCUT2D eigenvalue weighted by molar-refractivity contribution is 0.100. The third-order valence-corrected chi connectivity index (χ3v) is 2.91. The highest BCUT2D eigenvalue weighted by molar-refractivity contribution is 8.00. The summed E-state index contributed by atoms with van der Waals surface area (Å²) < 4.78 is 0.869. The topological polar surface area (TPSA) is 56.0 Å². The predicted molar refractivity (Wildman–Crippen MR) is 42.4 cm³/mol. The lowest BCUT2D eigenvalue weighted by atomic mass is 10.5. The molecule has 0 bridgehead atoms. The van der Waals surface area contributed by atoms with Crippen molar-refractivity contribution in [2.75, 3.05) is 6.26 Å². The molecule has 5 heteroatoms. The van der Waals surface area contributed by atoms with Gasteiger partial charge in [-0.05, 0) is 6.26 Å². The average molecular weight is 174 g/mol. The first-order valence-corrected chi connectivity index (χ1v) is 4.58. The van der Waals surface area contributed by atoms with Crippen LogP contribution in [0.2, 0.25) is 0 Å². The van der Waals surface area contributed by atoms with E-state index in [9.17, 15) is 4.79 Å². The van der Waals surface area contributed by atoms with Crippen molar-refractivity contribution in [1.82, 2.24) is 4.98 Å². The monoisotopic (exact) mass is 174 g/mol. The van der Waals surface area contributed by atoms with Gasteiger partial charge in [0.1, 0.15) is 9.22 Å². The summed E-state index contributed by atoms with van der Waals surface area (Å²) in [6.45, 7) is 0. The largest absolute Gasteiger partial charge is 0.365 e. The van der Waals surface area contributed by atoms with Crippen LogP contribution in [0, 0.1) is 0 Å². The van der Waals surface area contributed by atoms with Crippen molar-refractivity contribution in [1.29, 1.82) is 0 Å². The maximum atomic E-state index is 10.5. The molecule has 0 radical (unpaired) electrons. The van der Waals surface area contributed by atoms with E-state index in [0.717, 1.165) is 4.34 Å². The van der Waals surface area contributed by atoms with Crippen LogP contribution in [0.5, 0.6) is 0 Å². The fraction of sp³-hybridized carbons (Fsp3) is 0.200. The Kier molecular flexibility index (Phi) is 2.29. The van der Waals surface area contributed by atoms with E-state index in [2.05, 4.69) is 4.98 Å². The highest BCUT2D eigenvalue weighted by Crippen LogP contribution is 2.20. The van der Waals surface area contributed by atoms with Crippen molar-refractivity contribution in [2.24, 2.45) is 5.73 Å². The number of aromatic nitrogens is 1. The van der Waals surface area contributed by atoms with Crippen molar-refractivity contribution in [3.05, 3.63) is 11.1 Å². The summed E-state index contributed by atoms with van der Waals surface area (Å²) >= 11 is 2.82. The molecule has 1 aromatic heterocycles. The van der Waals surface area contributed by atoms with Gasteiger partial charge in [0.25, 0.3) is 5.91 Å². The molecule has 0 aliphatic carbocycles. The molecule has 1 rings (SSSR count). The van der Waals surface area contributed by atoms with E-state index in [4.69, 9.17) is 5.73 Å². The van der Waals surface area contributed by atoms with Gasteiger partial charge in [-0.15, -0.1) is 11.3 Å². The zero-order chi connectivity index (χ0) is 7.56. The van der Waals surface area contributed by atoms with Gasteiger partial charge < -0.3 is 5.73 Å². The maximum absolute atomic E-state index is 10.5. The normalized spacial score (nSPS) is 9.70. The molecular weight excluding hydrogens is 168 g/mol. The van der Waals surface area contributed by atoms with Crippen LogP contribution in [-0.4, -0.2) is 17.1 Å². The first-order valence-electron chi connectivity index (χ1n) is 2.53. The second-order valence-electron chi connectivity index (χ2n) is 1.56. The summed E-state index contributed by atoms with van der Waals surface area (Å²) in [5.74, 6) is -0.405. The molecule has 0 spiro atoms. The number of hydrogen-bond donors (Lipinski definition) is 1. The minimum absolute atomic E-state index is 0.405. The molecule has 0 aliphatic rings. The molecule has 0 atom stereocenters. The van der Waals surface area contributed by atoms with E-state index in [1.807, 2.05) is 6.26 Å². The van der Waals surface area contributed by atoms with Crippen LogP contribution in [0.3, 0.4) is 0 Å². The van der Waals surface area contributed by atoms with Gasteiger partial charge in [-0.2, -0.15) is 0 Å². The lowest BCUT2D eigenvalue weighted by Gasteiger charge is -1.81. The predicted octanol–water partition coefficient (Wildman–Crippen LogP) is 0.964. The van der Waals surface area contributed by atoms with E-state index in [0.29, 0.717) is 4.88 Å². The number of hydrogen-bond acceptors (Lipinski definition) is 4. The average Bonchev–Trinajstić information content (AvgIpc) is 2.34. The van der Waals surface area contributed by atoms with Crippen molar-refractivity contribution >= 4 is 29.0 Å². The number of carbonyl (C=O) groups is 1. The van der Waals surface area contributed by atoms with Crippen molar-refractivity contribution in [3.63, 3.8) is 0 Å². The fourth-order valence-corrected chi connectivity index (χ4v) is 1.73. The molecule has 0 saturated heterocycles. The lowest BCUT2D eigenvalue weighted by Crippen LogP contribution is -2.08. The van der Waals surface area contributed by atoms with Gasteiger partial charge in [-0.25, -0.2) is 4.98 Å². The van der Waals surface area contributed by atoms with Crippen LogP contribution in [0.25, 0.3) is 0 Å². The minimum atomic E-state index is -0.405. The molecule has 0 aliphatic heterocycles. The van der Waals surface area contributed by atoms with Gasteiger partial charge in [0, 0.05) is 0 Å². The summed E-state index contributed by atoms with van der Waals surface area (Å²) in [5, 5.41) is 0. The Bertz CT molecular complexity index is 246. The Labute approximate surface area is 66.6 Å². The number of thioether (sulfide) groups is 1. The summed E-state index contributed by atoms with van der Waals surface area (Å²) in [5.41, 5.74) is 5.00. The van der Waals surface area contributed by atoms with Crippen LogP contribution in [0.1, 0.15) is 9.67 Å². The summed E-state index contributed by atoms with van der Waals surface area (Å²) in [4.78, 5) is 15.0. The number of amides is 1. The molecule has 54 valence electrons. The Morgan fingerprint density at radius 1 is 1.90 bits per heavy atom. The Morgan fingerprint density at radius 3 is 2.90 bits per heavy atom. The third kappa shape index (κ3) is 1.48. The molecule has 3 nitrogen and oxygen atoms in total. The molecule has 0 unspecified atom stereocenters. The van der Waals surface area contributed by atoms with Crippen LogP contribution >= 0.6 is 23.1 Å². The van der Waals surface area contributed by atoms with E-state index in [1.54, 1.807) is 0 Å². The van der Waals surface area contributed by atoms with Gasteiger partial charge in [0.15, 0.2) is 0 Å². The third-order valence-electron chi connectivity index (χ3n) is 0.902. The van der Waals surface area contributed by atoms with E-state index in [-0.39, 0.29) is 0 Å². The van der Waals surface area contributed by atoms with Crippen LogP contribution in [0.4, 0.5) is 0 Å². The van der Waals surface area contributed by atoms with Gasteiger partial charge in [-0.1, -0.05) is 11.8 Å². The number of carbonyl (C=O) groups excluding carboxylic acids is 1. The molecular formula is C5H6N2OS2. The van der Waals surface area contributed by atoms with Crippen molar-refractivity contribution in [3.8, 4) is 0 Å². The quantitative estimate of drug-likeness (QED) is 0.679. The molecule has 2 N–H and O–H groups in total. The SMILES string of the molecule is CSc1ncc(C(N)=O)s1. The van der Waals surface area contributed by atoms with Gasteiger partial charge in [-0.3, -0.25) is 4.79 Å². The number of rotatable bonds is 2. The van der Waals surface area contributed by atoms with E-state index >= 15 is 0 Å². The molecule has 0 saturated carbocycles. The van der Waals surface area contributed by atoms with Crippen LogP contribution in [-0.2, 0) is 0 Å². The zero-order valence-corrected chi connectivity index (χ0v) is 6.96. The number of primary amides is 1. The minimum Gasteiger partial charge on any atom is -0.365 e. The van der Waals surface area contributed by atoms with E-state index in [1.165, 1.54) is 29.3 Å². The summed E-state index contributed by atoms with van der Waals surface area (Å²) in [7, 11) is 0. The second-order valence-corrected chi connectivity index (χ2v) is 3.64. The van der Waals surface area contributed by atoms with Crippen LogP contribution in [0.15, 0.2) is 10.5 Å². The van der Waals surface area contributed by atoms with Gasteiger partial charge >= 0.3 is 0 Å². The molecule has 10 heavy (non-hydrogen) atoms. The first-order chi connectivity index (χ1) is 4.74. The Morgan fingerprint density at radius 2 is 2.60 bits per heavy atom. The van der Waals surface area contributed by atoms with Crippen LogP contribution < -0.4 is 5.73 Å². The Hall–Kier alpha value is -0.550.